The molecule has 0 aromatic heterocycles. The van der Waals surface area contributed by atoms with E-state index in [2.05, 4.69) is 0 Å². The fourth-order valence-electron chi connectivity index (χ4n) is 1.87. The molecule has 0 aliphatic heterocycles. The van der Waals surface area contributed by atoms with E-state index in [9.17, 15) is 13.2 Å². The second kappa shape index (κ2) is 4.22. The largest absolute Gasteiger partial charge is 0.408 e. The number of fused-ring (bicyclic) bond motifs is 1. The Labute approximate surface area is 102 Å². The van der Waals surface area contributed by atoms with E-state index in [0.29, 0.717) is 5.39 Å². The van der Waals surface area contributed by atoms with Crippen molar-refractivity contribution >= 4 is 22.4 Å². The molecule has 4 heteroatoms. The van der Waals surface area contributed by atoms with E-state index in [1.54, 1.807) is 30.3 Å². The lowest BCUT2D eigenvalue weighted by Crippen LogP contribution is -2.16. The van der Waals surface area contributed by atoms with E-state index in [-0.39, 0.29) is 5.56 Å². The minimum atomic E-state index is -4.43. The summed E-state index contributed by atoms with van der Waals surface area (Å²) in [6, 6.07) is 10.1. The third-order valence-corrected chi connectivity index (χ3v) is 3.22. The normalized spacial score (nSPS) is 13.9. The van der Waals surface area contributed by atoms with Gasteiger partial charge in [0.2, 0.25) is 0 Å². The van der Waals surface area contributed by atoms with Crippen LogP contribution in [-0.2, 0) is 0 Å². The van der Waals surface area contributed by atoms with Crippen molar-refractivity contribution in [2.75, 3.05) is 0 Å². The van der Waals surface area contributed by atoms with Gasteiger partial charge >= 0.3 is 6.18 Å². The lowest BCUT2D eigenvalue weighted by Gasteiger charge is -2.16. The second-order valence-electron chi connectivity index (χ2n) is 3.92. The zero-order chi connectivity index (χ0) is 12.6. The third-order valence-electron chi connectivity index (χ3n) is 2.74. The van der Waals surface area contributed by atoms with Gasteiger partial charge < -0.3 is 0 Å². The molecule has 0 nitrogen and oxygen atoms in total. The first-order valence-electron chi connectivity index (χ1n) is 5.10. The lowest BCUT2D eigenvalue weighted by atomic mass is 9.98. The van der Waals surface area contributed by atoms with Gasteiger partial charge in [0.05, 0.1) is 0 Å². The standard InChI is InChI=1S/C13H10ClF3/c1-8-6-7-11(12(14)13(15,16)17)10-5-3-2-4-9(8)10/h2-7,12H,1H3. The van der Waals surface area contributed by atoms with Crippen molar-refractivity contribution in [3.05, 3.63) is 47.5 Å². The molecule has 0 aliphatic rings. The van der Waals surface area contributed by atoms with Gasteiger partial charge in [0.25, 0.3) is 0 Å². The summed E-state index contributed by atoms with van der Waals surface area (Å²) in [4.78, 5) is 0. The lowest BCUT2D eigenvalue weighted by molar-refractivity contribution is -0.131. The van der Waals surface area contributed by atoms with Crippen LogP contribution in [0.3, 0.4) is 0 Å². The van der Waals surface area contributed by atoms with Gasteiger partial charge in [-0.15, -0.1) is 11.6 Å². The highest BCUT2D eigenvalue weighted by Crippen LogP contribution is 2.41. The molecule has 2 rings (SSSR count). The first-order valence-corrected chi connectivity index (χ1v) is 5.54. The average molecular weight is 259 g/mol. The van der Waals surface area contributed by atoms with Crippen LogP contribution >= 0.6 is 11.6 Å². The Bertz CT molecular complexity index is 546. The topological polar surface area (TPSA) is 0 Å². The van der Waals surface area contributed by atoms with Crippen LogP contribution in [0.25, 0.3) is 10.8 Å². The van der Waals surface area contributed by atoms with Crippen molar-refractivity contribution in [2.24, 2.45) is 0 Å². The quantitative estimate of drug-likeness (QED) is 0.632. The van der Waals surface area contributed by atoms with Gasteiger partial charge in [0, 0.05) is 0 Å². The molecule has 0 amide bonds. The minimum absolute atomic E-state index is 0.111. The predicted molar refractivity (Wildman–Crippen MR) is 63.3 cm³/mol. The summed E-state index contributed by atoms with van der Waals surface area (Å²) in [5.74, 6) is 0. The maximum Gasteiger partial charge on any atom is 0.408 e. The van der Waals surface area contributed by atoms with Crippen molar-refractivity contribution < 1.29 is 13.2 Å². The van der Waals surface area contributed by atoms with E-state index in [0.717, 1.165) is 10.9 Å². The van der Waals surface area contributed by atoms with Crippen LogP contribution in [-0.4, -0.2) is 6.18 Å². The van der Waals surface area contributed by atoms with Crippen molar-refractivity contribution in [1.82, 2.24) is 0 Å². The molecule has 0 aliphatic carbocycles. The highest BCUT2D eigenvalue weighted by atomic mass is 35.5. The SMILES string of the molecule is Cc1ccc(C(Cl)C(F)(F)F)c2ccccc12. The summed E-state index contributed by atoms with van der Waals surface area (Å²) in [7, 11) is 0. The van der Waals surface area contributed by atoms with Gasteiger partial charge in [-0.1, -0.05) is 36.4 Å². The average Bonchev–Trinajstić information content (AvgIpc) is 2.28. The van der Waals surface area contributed by atoms with Crippen molar-refractivity contribution in [3.63, 3.8) is 0 Å². The summed E-state index contributed by atoms with van der Waals surface area (Å²) in [5, 5.41) is -0.599. The Morgan fingerprint density at radius 1 is 1.00 bits per heavy atom. The van der Waals surface area contributed by atoms with E-state index in [4.69, 9.17) is 11.6 Å². The molecule has 0 radical (unpaired) electrons. The first-order chi connectivity index (χ1) is 7.91. The van der Waals surface area contributed by atoms with Gasteiger partial charge in [0.15, 0.2) is 5.38 Å². The zero-order valence-electron chi connectivity index (χ0n) is 9.05. The molecule has 0 spiro atoms. The van der Waals surface area contributed by atoms with E-state index >= 15 is 0 Å². The van der Waals surface area contributed by atoms with Crippen molar-refractivity contribution in [2.45, 2.75) is 18.5 Å². The van der Waals surface area contributed by atoms with Gasteiger partial charge in [-0.3, -0.25) is 0 Å². The monoisotopic (exact) mass is 258 g/mol. The van der Waals surface area contributed by atoms with Crippen LogP contribution in [0, 0.1) is 6.92 Å². The third kappa shape index (κ3) is 2.25. The molecular weight excluding hydrogens is 249 g/mol. The molecule has 2 aromatic rings. The number of alkyl halides is 4. The van der Waals surface area contributed by atoms with Gasteiger partial charge in [-0.2, -0.15) is 13.2 Å². The van der Waals surface area contributed by atoms with E-state index < -0.39 is 11.6 Å². The Hall–Kier alpha value is -1.22. The minimum Gasteiger partial charge on any atom is -0.169 e. The van der Waals surface area contributed by atoms with Gasteiger partial charge in [0.1, 0.15) is 0 Å². The molecule has 1 unspecified atom stereocenters. The van der Waals surface area contributed by atoms with Crippen LogP contribution in [0.1, 0.15) is 16.5 Å². The Morgan fingerprint density at radius 2 is 1.59 bits per heavy atom. The molecule has 90 valence electrons. The van der Waals surface area contributed by atoms with E-state index in [1.165, 1.54) is 6.07 Å². The molecule has 0 saturated heterocycles. The van der Waals surface area contributed by atoms with Gasteiger partial charge in [-0.25, -0.2) is 0 Å². The Morgan fingerprint density at radius 3 is 2.18 bits per heavy atom. The molecule has 0 fully saturated rings. The number of hydrogen-bond donors (Lipinski definition) is 0. The Kier molecular flexibility index (Phi) is 3.04. The van der Waals surface area contributed by atoms with Crippen LogP contribution in [0.2, 0.25) is 0 Å². The maximum absolute atomic E-state index is 12.6. The fourth-order valence-corrected chi connectivity index (χ4v) is 2.06. The van der Waals surface area contributed by atoms with Crippen LogP contribution in [0.15, 0.2) is 36.4 Å². The molecular formula is C13H10ClF3. The number of hydrogen-bond acceptors (Lipinski definition) is 0. The zero-order valence-corrected chi connectivity index (χ0v) is 9.81. The van der Waals surface area contributed by atoms with E-state index in [1.807, 2.05) is 6.92 Å². The summed E-state index contributed by atoms with van der Waals surface area (Å²) in [6.07, 6.45) is -4.43. The Balaban J connectivity index is 2.67. The van der Waals surface area contributed by atoms with Crippen molar-refractivity contribution in [1.29, 1.82) is 0 Å². The molecule has 0 N–H and O–H groups in total. The van der Waals surface area contributed by atoms with Crippen molar-refractivity contribution in [3.8, 4) is 0 Å². The van der Waals surface area contributed by atoms with Crippen LogP contribution < -0.4 is 0 Å². The summed E-state index contributed by atoms with van der Waals surface area (Å²) >= 11 is 5.49. The molecule has 0 bridgehead atoms. The molecule has 0 saturated carbocycles. The highest BCUT2D eigenvalue weighted by Gasteiger charge is 2.40. The smallest absolute Gasteiger partial charge is 0.169 e. The maximum atomic E-state index is 12.6. The number of benzene rings is 2. The molecule has 17 heavy (non-hydrogen) atoms. The number of halogens is 4. The number of aryl methyl sites for hydroxylation is 1. The highest BCUT2D eigenvalue weighted by molar-refractivity contribution is 6.22. The summed E-state index contributed by atoms with van der Waals surface area (Å²) in [6.45, 7) is 1.86. The second-order valence-corrected chi connectivity index (χ2v) is 4.36. The number of rotatable bonds is 1. The first kappa shape index (κ1) is 12.2. The fraction of sp³-hybridized carbons (Fsp3) is 0.231. The summed E-state index contributed by atoms with van der Waals surface area (Å²) < 4.78 is 37.9. The van der Waals surface area contributed by atoms with Crippen LogP contribution in [0.4, 0.5) is 13.2 Å². The molecule has 0 heterocycles. The summed E-state index contributed by atoms with van der Waals surface area (Å²) in [5.41, 5.74) is 1.05. The molecule has 2 aromatic carbocycles. The molecule has 1 atom stereocenters. The van der Waals surface area contributed by atoms with Crippen LogP contribution in [0.5, 0.6) is 0 Å². The van der Waals surface area contributed by atoms with Gasteiger partial charge in [-0.05, 0) is 28.8 Å². The predicted octanol–water partition coefficient (Wildman–Crippen LogP) is 4.99.